The van der Waals surface area contributed by atoms with Gasteiger partial charge in [0.2, 0.25) is 5.91 Å². The monoisotopic (exact) mass is 371 g/mol. The van der Waals surface area contributed by atoms with Gasteiger partial charge in [0, 0.05) is 56.4 Å². The molecule has 0 spiro atoms. The van der Waals surface area contributed by atoms with E-state index in [1.54, 1.807) is 0 Å². The summed E-state index contributed by atoms with van der Waals surface area (Å²) in [7, 11) is 0. The van der Waals surface area contributed by atoms with Crippen LogP contribution >= 0.6 is 11.6 Å². The van der Waals surface area contributed by atoms with Crippen molar-refractivity contribution in [3.05, 3.63) is 64.7 Å². The highest BCUT2D eigenvalue weighted by Gasteiger charge is 2.17. The summed E-state index contributed by atoms with van der Waals surface area (Å²) >= 11 is 6.10. The van der Waals surface area contributed by atoms with Crippen molar-refractivity contribution >= 4 is 23.2 Å². The molecule has 1 heterocycles. The van der Waals surface area contributed by atoms with Gasteiger partial charge in [0.25, 0.3) is 0 Å². The Hall–Kier alpha value is -1.88. The highest BCUT2D eigenvalue weighted by Crippen LogP contribution is 2.23. The minimum absolute atomic E-state index is 0.0436. The number of hydrogen-bond donors (Lipinski definition) is 1. The van der Waals surface area contributed by atoms with Gasteiger partial charge in [-0.3, -0.25) is 9.69 Å². The highest BCUT2D eigenvalue weighted by molar-refractivity contribution is 6.31. The number of carbonyl (C=O) groups is 1. The van der Waals surface area contributed by atoms with Gasteiger partial charge in [-0.15, -0.1) is 0 Å². The third-order valence-electron chi connectivity index (χ3n) is 4.91. The molecule has 26 heavy (non-hydrogen) atoms. The number of amides is 1. The van der Waals surface area contributed by atoms with Crippen molar-refractivity contribution in [2.45, 2.75) is 19.9 Å². The molecule has 138 valence electrons. The van der Waals surface area contributed by atoms with E-state index >= 15 is 0 Å². The van der Waals surface area contributed by atoms with Crippen molar-refractivity contribution in [3.63, 3.8) is 0 Å². The lowest BCUT2D eigenvalue weighted by Crippen LogP contribution is -2.46. The van der Waals surface area contributed by atoms with E-state index in [-0.39, 0.29) is 5.91 Å². The Morgan fingerprint density at radius 2 is 1.69 bits per heavy atom. The second-order valence-electron chi connectivity index (χ2n) is 6.81. The Morgan fingerprint density at radius 1 is 1.00 bits per heavy atom. The number of hydrogen-bond acceptors (Lipinski definition) is 3. The molecule has 2 aromatic carbocycles. The zero-order valence-corrected chi connectivity index (χ0v) is 16.0. The Labute approximate surface area is 160 Å². The summed E-state index contributed by atoms with van der Waals surface area (Å²) in [5.74, 6) is 0.0436. The quantitative estimate of drug-likeness (QED) is 0.839. The number of rotatable bonds is 6. The topological polar surface area (TPSA) is 35.6 Å². The summed E-state index contributed by atoms with van der Waals surface area (Å²) in [6.45, 7) is 7.83. The molecule has 3 rings (SSSR count). The molecule has 0 unspecified atom stereocenters. The van der Waals surface area contributed by atoms with Gasteiger partial charge in [-0.2, -0.15) is 0 Å². The average molecular weight is 372 g/mol. The lowest BCUT2D eigenvalue weighted by atomic mass is 10.2. The predicted molar refractivity (Wildman–Crippen MR) is 108 cm³/mol. The van der Waals surface area contributed by atoms with Crippen LogP contribution in [0.2, 0.25) is 5.02 Å². The number of piperazine rings is 1. The van der Waals surface area contributed by atoms with Gasteiger partial charge in [-0.25, -0.2) is 0 Å². The van der Waals surface area contributed by atoms with E-state index in [4.69, 9.17) is 11.6 Å². The fourth-order valence-corrected chi connectivity index (χ4v) is 3.40. The van der Waals surface area contributed by atoms with Crippen LogP contribution in [0.5, 0.6) is 0 Å². The smallest absolute Gasteiger partial charge is 0.225 e. The molecule has 1 N–H and O–H groups in total. The van der Waals surface area contributed by atoms with E-state index in [9.17, 15) is 4.79 Å². The maximum Gasteiger partial charge on any atom is 0.225 e. The Morgan fingerprint density at radius 3 is 2.42 bits per heavy atom. The molecule has 0 atom stereocenters. The van der Waals surface area contributed by atoms with E-state index in [2.05, 4.69) is 45.4 Å². The van der Waals surface area contributed by atoms with Crippen LogP contribution in [0.15, 0.2) is 48.5 Å². The van der Waals surface area contributed by atoms with Crippen LogP contribution in [0.1, 0.15) is 17.5 Å². The summed E-state index contributed by atoms with van der Waals surface area (Å²) in [6.07, 6.45) is 0.505. The first-order valence-corrected chi connectivity index (χ1v) is 9.53. The molecule has 1 amide bonds. The summed E-state index contributed by atoms with van der Waals surface area (Å²) in [6, 6.07) is 16.2. The first-order chi connectivity index (χ1) is 12.6. The normalized spacial score (nSPS) is 15.8. The van der Waals surface area contributed by atoms with E-state index in [1.807, 2.05) is 25.1 Å². The molecule has 0 saturated carbocycles. The molecular formula is C21H26ClN3O. The molecule has 1 saturated heterocycles. The fourth-order valence-electron chi connectivity index (χ4n) is 3.23. The summed E-state index contributed by atoms with van der Waals surface area (Å²) < 4.78 is 0. The zero-order chi connectivity index (χ0) is 18.4. The summed E-state index contributed by atoms with van der Waals surface area (Å²) in [5.41, 5.74) is 3.07. The molecule has 0 aliphatic carbocycles. The van der Waals surface area contributed by atoms with Gasteiger partial charge in [0.05, 0.1) is 0 Å². The number of halogens is 1. The minimum atomic E-state index is 0.0436. The Balaban J connectivity index is 1.39. The lowest BCUT2D eigenvalue weighted by molar-refractivity contribution is -0.116. The second-order valence-corrected chi connectivity index (χ2v) is 7.22. The van der Waals surface area contributed by atoms with Crippen molar-refractivity contribution in [1.29, 1.82) is 0 Å². The third kappa shape index (κ3) is 5.31. The number of anilines is 1. The van der Waals surface area contributed by atoms with E-state index in [1.165, 1.54) is 5.56 Å². The molecular weight excluding hydrogens is 346 g/mol. The largest absolute Gasteiger partial charge is 0.326 e. The SMILES string of the molecule is Cc1c(Cl)cccc1NC(=O)CCN1CCN(Cc2ccccc2)CC1. The van der Waals surface area contributed by atoms with Crippen molar-refractivity contribution in [2.24, 2.45) is 0 Å². The molecule has 2 aromatic rings. The number of carbonyl (C=O) groups excluding carboxylic acids is 1. The highest BCUT2D eigenvalue weighted by atomic mass is 35.5. The van der Waals surface area contributed by atoms with E-state index in [0.717, 1.165) is 50.5 Å². The van der Waals surface area contributed by atoms with Gasteiger partial charge < -0.3 is 10.2 Å². The van der Waals surface area contributed by atoms with Crippen molar-refractivity contribution in [1.82, 2.24) is 9.80 Å². The van der Waals surface area contributed by atoms with E-state index in [0.29, 0.717) is 11.4 Å². The van der Waals surface area contributed by atoms with Gasteiger partial charge in [-0.05, 0) is 30.2 Å². The predicted octanol–water partition coefficient (Wildman–Crippen LogP) is 3.79. The van der Waals surface area contributed by atoms with Crippen molar-refractivity contribution < 1.29 is 4.79 Å². The Bertz CT molecular complexity index is 727. The van der Waals surface area contributed by atoms with Crippen molar-refractivity contribution in [2.75, 3.05) is 38.0 Å². The molecule has 0 radical (unpaired) electrons. The zero-order valence-electron chi connectivity index (χ0n) is 15.2. The summed E-state index contributed by atoms with van der Waals surface area (Å²) in [4.78, 5) is 17.1. The minimum Gasteiger partial charge on any atom is -0.326 e. The summed E-state index contributed by atoms with van der Waals surface area (Å²) in [5, 5.41) is 3.65. The van der Waals surface area contributed by atoms with Crippen LogP contribution in [0.4, 0.5) is 5.69 Å². The third-order valence-corrected chi connectivity index (χ3v) is 5.32. The second kappa shape index (κ2) is 9.17. The van der Waals surface area contributed by atoms with Crippen LogP contribution in [0.3, 0.4) is 0 Å². The van der Waals surface area contributed by atoms with Crippen molar-refractivity contribution in [3.8, 4) is 0 Å². The Kier molecular flexibility index (Phi) is 6.67. The maximum atomic E-state index is 12.2. The van der Waals surface area contributed by atoms with Crippen LogP contribution in [0.25, 0.3) is 0 Å². The molecule has 0 aromatic heterocycles. The van der Waals surface area contributed by atoms with Crippen LogP contribution in [-0.2, 0) is 11.3 Å². The van der Waals surface area contributed by atoms with Crippen LogP contribution in [0, 0.1) is 6.92 Å². The fraction of sp³-hybridized carbons (Fsp3) is 0.381. The number of nitrogens with one attached hydrogen (secondary N) is 1. The van der Waals surface area contributed by atoms with E-state index < -0.39 is 0 Å². The van der Waals surface area contributed by atoms with Crippen LogP contribution < -0.4 is 5.32 Å². The van der Waals surface area contributed by atoms with Crippen LogP contribution in [-0.4, -0.2) is 48.4 Å². The van der Waals surface area contributed by atoms with Gasteiger partial charge in [0.15, 0.2) is 0 Å². The first-order valence-electron chi connectivity index (χ1n) is 9.15. The maximum absolute atomic E-state index is 12.2. The molecule has 1 fully saturated rings. The standard InChI is InChI=1S/C21H26ClN3O/c1-17-19(22)8-5-9-20(17)23-21(26)10-11-24-12-14-25(15-13-24)16-18-6-3-2-4-7-18/h2-9H,10-16H2,1H3,(H,23,26). The van der Waals surface area contributed by atoms with Gasteiger partial charge in [0.1, 0.15) is 0 Å². The molecule has 5 heteroatoms. The molecule has 0 bridgehead atoms. The molecule has 1 aliphatic heterocycles. The molecule has 1 aliphatic rings. The first kappa shape index (κ1) is 18.9. The number of nitrogens with zero attached hydrogens (tertiary/aromatic N) is 2. The average Bonchev–Trinajstić information content (AvgIpc) is 2.66. The molecule has 4 nitrogen and oxygen atoms in total. The number of benzene rings is 2. The van der Waals surface area contributed by atoms with Gasteiger partial charge >= 0.3 is 0 Å². The van der Waals surface area contributed by atoms with Gasteiger partial charge in [-0.1, -0.05) is 48.0 Å². The lowest BCUT2D eigenvalue weighted by Gasteiger charge is -2.34.